The lowest BCUT2D eigenvalue weighted by Crippen LogP contribution is -1.98. The van der Waals surface area contributed by atoms with Crippen molar-refractivity contribution in [2.75, 3.05) is 7.11 Å². The van der Waals surface area contributed by atoms with Crippen LogP contribution in [-0.4, -0.2) is 27.1 Å². The fourth-order valence-corrected chi connectivity index (χ4v) is 3.75. The van der Waals surface area contributed by atoms with Gasteiger partial charge in [-0.2, -0.15) is 0 Å². The summed E-state index contributed by atoms with van der Waals surface area (Å²) >= 11 is 6.05. The Morgan fingerprint density at radius 1 is 0.909 bits per heavy atom. The Labute approximate surface area is 196 Å². The first-order valence-corrected chi connectivity index (χ1v) is 10.9. The van der Waals surface area contributed by atoms with Crippen molar-refractivity contribution < 1.29 is 9.47 Å². The molecule has 2 aromatic heterocycles. The van der Waals surface area contributed by atoms with Crippen LogP contribution in [0.4, 0.5) is 0 Å². The number of hydrogen-bond donors (Lipinski definition) is 0. The van der Waals surface area contributed by atoms with Crippen LogP contribution in [-0.2, 0) is 18.0 Å². The quantitative estimate of drug-likeness (QED) is 0.307. The van der Waals surface area contributed by atoms with E-state index in [0.717, 1.165) is 44.9 Å². The molecule has 0 N–H and O–H groups in total. The Morgan fingerprint density at radius 3 is 2.48 bits per heavy atom. The van der Waals surface area contributed by atoms with Crippen LogP contribution in [0.2, 0.25) is 5.02 Å². The van der Waals surface area contributed by atoms with Gasteiger partial charge in [-0.15, -0.1) is 5.10 Å². The average molecular weight is 457 g/mol. The molecule has 0 aliphatic heterocycles. The fraction of sp³-hybridized carbons (Fsp3) is 0.115. The van der Waals surface area contributed by atoms with Crippen molar-refractivity contribution in [3.05, 3.63) is 101 Å². The fourth-order valence-electron chi connectivity index (χ4n) is 3.63. The average Bonchev–Trinajstić information content (AvgIpc) is 3.33. The first-order chi connectivity index (χ1) is 16.2. The van der Waals surface area contributed by atoms with E-state index >= 15 is 0 Å². The Hall–Kier alpha value is -3.74. The molecule has 0 unspecified atom stereocenters. The highest BCUT2D eigenvalue weighted by atomic mass is 35.5. The second-order valence-electron chi connectivity index (χ2n) is 7.54. The van der Waals surface area contributed by atoms with Gasteiger partial charge in [0.25, 0.3) is 0 Å². The number of nitrogens with zero attached hydrogens (tertiary/aromatic N) is 4. The minimum atomic E-state index is 0.350. The first kappa shape index (κ1) is 21.1. The Balaban J connectivity index is 1.33. The topological polar surface area (TPSA) is 62.1 Å². The third-order valence-electron chi connectivity index (χ3n) is 5.33. The Bertz CT molecular complexity index is 1380. The van der Waals surface area contributed by atoms with Gasteiger partial charge < -0.3 is 9.47 Å². The molecule has 6 nitrogen and oxygen atoms in total. The van der Waals surface area contributed by atoms with E-state index in [0.29, 0.717) is 18.2 Å². The number of fused-ring (bicyclic) bond motifs is 1. The highest BCUT2D eigenvalue weighted by Crippen LogP contribution is 2.26. The van der Waals surface area contributed by atoms with Crippen LogP contribution >= 0.6 is 11.6 Å². The van der Waals surface area contributed by atoms with E-state index < -0.39 is 0 Å². The number of pyridine rings is 1. The SMILES string of the molecule is COc1ccc(-n2cc(COCc3cc(-c4ccc(Cl)cc4)nc4ccccc34)nn2)cc1. The molecular weight excluding hydrogens is 436 g/mol. The van der Waals surface area contributed by atoms with Gasteiger partial charge in [0.15, 0.2) is 0 Å². The van der Waals surface area contributed by atoms with Crippen molar-refractivity contribution in [1.82, 2.24) is 20.0 Å². The number of para-hydroxylation sites is 1. The number of aromatic nitrogens is 4. The van der Waals surface area contributed by atoms with E-state index in [1.807, 2.05) is 72.9 Å². The van der Waals surface area contributed by atoms with Gasteiger partial charge in [0.2, 0.25) is 0 Å². The molecule has 33 heavy (non-hydrogen) atoms. The van der Waals surface area contributed by atoms with Gasteiger partial charge in [0, 0.05) is 16.0 Å². The van der Waals surface area contributed by atoms with Gasteiger partial charge >= 0.3 is 0 Å². The number of ether oxygens (including phenoxy) is 2. The van der Waals surface area contributed by atoms with Crippen molar-refractivity contribution in [2.45, 2.75) is 13.2 Å². The zero-order valence-electron chi connectivity index (χ0n) is 18.0. The number of hydrogen-bond acceptors (Lipinski definition) is 5. The third kappa shape index (κ3) is 4.72. The smallest absolute Gasteiger partial charge is 0.119 e. The molecule has 0 aliphatic carbocycles. The van der Waals surface area contributed by atoms with E-state index in [-0.39, 0.29) is 0 Å². The van der Waals surface area contributed by atoms with Crippen LogP contribution in [0.1, 0.15) is 11.3 Å². The molecule has 7 heteroatoms. The number of methoxy groups -OCH3 is 1. The molecule has 0 amide bonds. The van der Waals surface area contributed by atoms with Crippen molar-refractivity contribution in [2.24, 2.45) is 0 Å². The summed E-state index contributed by atoms with van der Waals surface area (Å²) < 4.78 is 12.9. The lowest BCUT2D eigenvalue weighted by Gasteiger charge is -2.10. The molecule has 0 spiro atoms. The highest BCUT2D eigenvalue weighted by molar-refractivity contribution is 6.30. The van der Waals surface area contributed by atoms with Crippen molar-refractivity contribution in [3.63, 3.8) is 0 Å². The molecule has 2 heterocycles. The maximum absolute atomic E-state index is 6.05. The van der Waals surface area contributed by atoms with E-state index in [4.69, 9.17) is 26.1 Å². The zero-order valence-corrected chi connectivity index (χ0v) is 18.7. The number of benzene rings is 3. The molecule has 0 saturated heterocycles. The minimum Gasteiger partial charge on any atom is -0.497 e. The maximum Gasteiger partial charge on any atom is 0.119 e. The summed E-state index contributed by atoms with van der Waals surface area (Å²) in [6.07, 6.45) is 1.87. The molecular formula is C26H21ClN4O2. The summed E-state index contributed by atoms with van der Waals surface area (Å²) in [5, 5.41) is 10.2. The molecule has 3 aromatic carbocycles. The predicted molar refractivity (Wildman–Crippen MR) is 129 cm³/mol. The van der Waals surface area contributed by atoms with Gasteiger partial charge in [-0.1, -0.05) is 47.1 Å². The molecule has 0 aliphatic rings. The van der Waals surface area contributed by atoms with Crippen LogP contribution in [0.25, 0.3) is 27.8 Å². The summed E-state index contributed by atoms with van der Waals surface area (Å²) in [7, 11) is 1.64. The second kappa shape index (κ2) is 9.40. The Morgan fingerprint density at radius 2 is 1.70 bits per heavy atom. The second-order valence-corrected chi connectivity index (χ2v) is 7.97. The van der Waals surface area contributed by atoms with Gasteiger partial charge in [0.1, 0.15) is 11.4 Å². The van der Waals surface area contributed by atoms with Crippen LogP contribution in [0.5, 0.6) is 5.75 Å². The Kier molecular flexibility index (Phi) is 6.02. The standard InChI is InChI=1S/C26H21ClN4O2/c1-32-23-12-10-22(11-13-23)31-15-21(29-30-31)17-33-16-19-14-26(18-6-8-20(27)9-7-18)28-25-5-3-2-4-24(19)25/h2-15H,16-17H2,1H3. The van der Waals surface area contributed by atoms with Crippen LogP contribution in [0.15, 0.2) is 85.1 Å². The van der Waals surface area contributed by atoms with Crippen LogP contribution in [0.3, 0.4) is 0 Å². The van der Waals surface area contributed by atoms with Crippen molar-refractivity contribution in [3.8, 4) is 22.7 Å². The molecule has 164 valence electrons. The number of rotatable bonds is 7. The van der Waals surface area contributed by atoms with Gasteiger partial charge in [-0.05, 0) is 54.1 Å². The van der Waals surface area contributed by atoms with Gasteiger partial charge in [-0.25, -0.2) is 9.67 Å². The van der Waals surface area contributed by atoms with E-state index in [1.54, 1.807) is 11.8 Å². The van der Waals surface area contributed by atoms with E-state index in [2.05, 4.69) is 22.4 Å². The van der Waals surface area contributed by atoms with E-state index in [9.17, 15) is 0 Å². The summed E-state index contributed by atoms with van der Waals surface area (Å²) in [5.74, 6) is 0.796. The monoisotopic (exact) mass is 456 g/mol. The molecule has 0 atom stereocenters. The van der Waals surface area contributed by atoms with E-state index in [1.165, 1.54) is 0 Å². The minimum absolute atomic E-state index is 0.350. The number of halogens is 1. The first-order valence-electron chi connectivity index (χ1n) is 10.5. The van der Waals surface area contributed by atoms with Gasteiger partial charge in [0.05, 0.1) is 43.4 Å². The largest absolute Gasteiger partial charge is 0.497 e. The van der Waals surface area contributed by atoms with Crippen LogP contribution < -0.4 is 4.74 Å². The predicted octanol–water partition coefficient (Wildman–Crippen LogP) is 5.86. The lowest BCUT2D eigenvalue weighted by molar-refractivity contribution is 0.105. The third-order valence-corrected chi connectivity index (χ3v) is 5.58. The lowest BCUT2D eigenvalue weighted by atomic mass is 10.0. The molecule has 0 fully saturated rings. The summed E-state index contributed by atoms with van der Waals surface area (Å²) in [6.45, 7) is 0.780. The van der Waals surface area contributed by atoms with Crippen LogP contribution in [0, 0.1) is 0 Å². The van der Waals surface area contributed by atoms with Crippen molar-refractivity contribution >= 4 is 22.5 Å². The maximum atomic E-state index is 6.05. The summed E-state index contributed by atoms with van der Waals surface area (Å²) in [4.78, 5) is 4.82. The molecule has 0 radical (unpaired) electrons. The highest BCUT2D eigenvalue weighted by Gasteiger charge is 2.09. The normalized spacial score (nSPS) is 11.1. The molecule has 0 saturated carbocycles. The summed E-state index contributed by atoms with van der Waals surface area (Å²) in [6, 6.07) is 25.5. The van der Waals surface area contributed by atoms with Crippen molar-refractivity contribution in [1.29, 1.82) is 0 Å². The van der Waals surface area contributed by atoms with Gasteiger partial charge in [-0.3, -0.25) is 0 Å². The molecule has 0 bridgehead atoms. The zero-order chi connectivity index (χ0) is 22.6. The summed E-state index contributed by atoms with van der Waals surface area (Å²) in [5.41, 5.74) is 5.54. The molecule has 5 rings (SSSR count). The molecule has 5 aromatic rings.